The third-order valence-electron chi connectivity index (χ3n) is 6.78. The molecular formula is C24H25F3N2O2. The second-order valence-electron chi connectivity index (χ2n) is 8.82. The number of ether oxygens (including phenoxy) is 1. The summed E-state index contributed by atoms with van der Waals surface area (Å²) in [6.07, 6.45) is 6.34. The number of alkyl halides is 3. The molecular weight excluding hydrogens is 405 g/mol. The Bertz CT molecular complexity index is 1050. The van der Waals surface area contributed by atoms with Crippen LogP contribution in [-0.2, 0) is 0 Å². The third-order valence-corrected chi connectivity index (χ3v) is 6.78. The SMILES string of the molecule is O[C@@H](c1c(C2CC2)ccn2cncc12)[C@H]1CC[C@H](c2ccc(OC(F)(F)F)cc2)CC1. The van der Waals surface area contributed by atoms with E-state index in [9.17, 15) is 18.3 Å². The van der Waals surface area contributed by atoms with Crippen LogP contribution >= 0.6 is 0 Å². The molecule has 164 valence electrons. The predicted molar refractivity (Wildman–Crippen MR) is 110 cm³/mol. The minimum atomic E-state index is -4.67. The monoisotopic (exact) mass is 430 g/mol. The number of hydrogen-bond donors (Lipinski definition) is 1. The quantitative estimate of drug-likeness (QED) is 0.531. The minimum absolute atomic E-state index is 0.169. The van der Waals surface area contributed by atoms with Crippen molar-refractivity contribution in [3.05, 3.63) is 65.7 Å². The van der Waals surface area contributed by atoms with Crippen LogP contribution in [0.25, 0.3) is 5.52 Å². The number of nitrogens with zero attached hydrogens (tertiary/aromatic N) is 2. The van der Waals surface area contributed by atoms with E-state index in [4.69, 9.17) is 0 Å². The van der Waals surface area contributed by atoms with Crippen LogP contribution in [0.2, 0.25) is 0 Å². The van der Waals surface area contributed by atoms with Gasteiger partial charge in [0.05, 0.1) is 24.1 Å². The van der Waals surface area contributed by atoms with Gasteiger partial charge in [-0.25, -0.2) is 4.98 Å². The highest BCUT2D eigenvalue weighted by molar-refractivity contribution is 5.59. The van der Waals surface area contributed by atoms with E-state index >= 15 is 0 Å². The lowest BCUT2D eigenvalue weighted by Gasteiger charge is -2.33. The summed E-state index contributed by atoms with van der Waals surface area (Å²) in [5.41, 5.74) is 4.29. The number of pyridine rings is 1. The summed E-state index contributed by atoms with van der Waals surface area (Å²) < 4.78 is 43.0. The number of rotatable bonds is 5. The van der Waals surface area contributed by atoms with Crippen molar-refractivity contribution in [3.8, 4) is 5.75 Å². The molecule has 1 N–H and O–H groups in total. The molecule has 2 heterocycles. The van der Waals surface area contributed by atoms with Gasteiger partial charge in [0, 0.05) is 11.8 Å². The van der Waals surface area contributed by atoms with Crippen molar-refractivity contribution in [3.63, 3.8) is 0 Å². The molecule has 2 fully saturated rings. The molecule has 5 rings (SSSR count). The Balaban J connectivity index is 1.28. The van der Waals surface area contributed by atoms with Gasteiger partial charge < -0.3 is 14.2 Å². The number of benzene rings is 1. The molecule has 0 amide bonds. The lowest BCUT2D eigenvalue weighted by Crippen LogP contribution is -2.21. The van der Waals surface area contributed by atoms with Gasteiger partial charge in [0.15, 0.2) is 0 Å². The van der Waals surface area contributed by atoms with Crippen LogP contribution in [0.1, 0.15) is 73.2 Å². The first-order valence-corrected chi connectivity index (χ1v) is 10.9. The molecule has 1 aromatic carbocycles. The van der Waals surface area contributed by atoms with Crippen LogP contribution in [0.15, 0.2) is 49.1 Å². The van der Waals surface area contributed by atoms with Gasteiger partial charge in [-0.2, -0.15) is 0 Å². The van der Waals surface area contributed by atoms with Crippen molar-refractivity contribution < 1.29 is 23.0 Å². The van der Waals surface area contributed by atoms with E-state index in [0.29, 0.717) is 5.92 Å². The van der Waals surface area contributed by atoms with E-state index in [1.54, 1.807) is 18.5 Å². The molecule has 0 bridgehead atoms. The van der Waals surface area contributed by atoms with Gasteiger partial charge >= 0.3 is 6.36 Å². The Hall–Kier alpha value is -2.54. The maximum atomic E-state index is 12.4. The van der Waals surface area contributed by atoms with Crippen molar-refractivity contribution in [1.82, 2.24) is 9.38 Å². The summed E-state index contributed by atoms with van der Waals surface area (Å²) in [5.74, 6) is 0.805. The zero-order valence-electron chi connectivity index (χ0n) is 17.1. The van der Waals surface area contributed by atoms with E-state index in [1.807, 2.05) is 16.8 Å². The molecule has 31 heavy (non-hydrogen) atoms. The largest absolute Gasteiger partial charge is 0.573 e. The highest BCUT2D eigenvalue weighted by Gasteiger charge is 2.35. The predicted octanol–water partition coefficient (Wildman–Crippen LogP) is 6.12. The zero-order chi connectivity index (χ0) is 21.6. The Morgan fingerprint density at radius 3 is 2.29 bits per heavy atom. The molecule has 0 unspecified atom stereocenters. The number of halogens is 3. The van der Waals surface area contributed by atoms with Crippen molar-refractivity contribution in [2.75, 3.05) is 0 Å². The molecule has 0 aliphatic heterocycles. The highest BCUT2D eigenvalue weighted by Crippen LogP contribution is 2.48. The summed E-state index contributed by atoms with van der Waals surface area (Å²) in [7, 11) is 0. The average Bonchev–Trinajstić information content (AvgIpc) is 3.48. The number of aliphatic hydroxyl groups excluding tert-OH is 1. The summed E-state index contributed by atoms with van der Waals surface area (Å²) in [6, 6.07) is 8.33. The first-order chi connectivity index (χ1) is 14.9. The van der Waals surface area contributed by atoms with Gasteiger partial charge in [-0.15, -0.1) is 13.2 Å². The Morgan fingerprint density at radius 1 is 0.968 bits per heavy atom. The van der Waals surface area contributed by atoms with E-state index in [2.05, 4.69) is 15.8 Å². The Labute approximate surface area is 178 Å². The van der Waals surface area contributed by atoms with Crippen molar-refractivity contribution in [2.24, 2.45) is 5.92 Å². The molecule has 0 saturated heterocycles. The lowest BCUT2D eigenvalue weighted by atomic mass is 9.75. The van der Waals surface area contributed by atoms with Crippen molar-refractivity contribution in [1.29, 1.82) is 0 Å². The summed E-state index contributed by atoms with van der Waals surface area (Å²) in [4.78, 5) is 4.26. The zero-order valence-corrected chi connectivity index (χ0v) is 17.1. The summed E-state index contributed by atoms with van der Waals surface area (Å²) in [5, 5.41) is 11.4. The number of fused-ring (bicyclic) bond motifs is 1. The third kappa shape index (κ3) is 4.28. The standard InChI is InChI=1S/C24H25F3N2O2/c25-24(26,27)31-19-9-7-16(8-10-19)15-1-5-18(6-2-15)23(30)22-20(17-3-4-17)11-12-29-14-28-13-21(22)29/h7-15,17-18,23,30H,1-6H2/t15-,18-,23-/m1/s1. The number of hydrogen-bond acceptors (Lipinski definition) is 3. The van der Waals surface area contributed by atoms with Crippen LogP contribution in [0.4, 0.5) is 13.2 Å². The molecule has 2 saturated carbocycles. The normalized spacial score (nSPS) is 23.1. The smallest absolute Gasteiger partial charge is 0.406 e. The van der Waals surface area contributed by atoms with Crippen LogP contribution in [0.5, 0.6) is 5.75 Å². The molecule has 2 aromatic heterocycles. The van der Waals surface area contributed by atoms with E-state index in [1.165, 1.54) is 30.5 Å². The molecule has 7 heteroatoms. The van der Waals surface area contributed by atoms with Crippen LogP contribution < -0.4 is 4.74 Å². The van der Waals surface area contributed by atoms with Crippen LogP contribution in [0, 0.1) is 5.92 Å². The van der Waals surface area contributed by atoms with Gasteiger partial charge in [0.25, 0.3) is 0 Å². The second kappa shape index (κ2) is 7.86. The topological polar surface area (TPSA) is 46.8 Å². The first-order valence-electron chi connectivity index (χ1n) is 10.9. The Morgan fingerprint density at radius 2 is 1.65 bits per heavy atom. The second-order valence-corrected chi connectivity index (χ2v) is 8.82. The van der Waals surface area contributed by atoms with Crippen LogP contribution in [-0.4, -0.2) is 20.9 Å². The lowest BCUT2D eigenvalue weighted by molar-refractivity contribution is -0.274. The maximum Gasteiger partial charge on any atom is 0.573 e. The molecule has 2 aliphatic rings. The highest BCUT2D eigenvalue weighted by atomic mass is 19.4. The fourth-order valence-electron chi connectivity index (χ4n) is 5.05. The molecule has 0 radical (unpaired) electrons. The number of aliphatic hydroxyl groups is 1. The van der Waals surface area contributed by atoms with E-state index in [0.717, 1.165) is 42.3 Å². The van der Waals surface area contributed by atoms with Gasteiger partial charge in [0.1, 0.15) is 5.75 Å². The molecule has 3 aromatic rings. The maximum absolute atomic E-state index is 12.4. The first kappa shape index (κ1) is 20.4. The van der Waals surface area contributed by atoms with Crippen molar-refractivity contribution >= 4 is 5.52 Å². The molecule has 4 nitrogen and oxygen atoms in total. The van der Waals surface area contributed by atoms with Crippen LogP contribution in [0.3, 0.4) is 0 Å². The van der Waals surface area contributed by atoms with Crippen molar-refractivity contribution in [2.45, 2.75) is 62.8 Å². The minimum Gasteiger partial charge on any atom is -0.406 e. The molecule has 2 aliphatic carbocycles. The van der Waals surface area contributed by atoms with Gasteiger partial charge in [-0.05, 0) is 85.6 Å². The van der Waals surface area contributed by atoms with E-state index < -0.39 is 12.5 Å². The average molecular weight is 430 g/mol. The Kier molecular flexibility index (Phi) is 5.16. The molecule has 0 spiro atoms. The fourth-order valence-corrected chi connectivity index (χ4v) is 5.05. The summed E-state index contributed by atoms with van der Waals surface area (Å²) in [6.45, 7) is 0. The van der Waals surface area contributed by atoms with E-state index in [-0.39, 0.29) is 17.6 Å². The van der Waals surface area contributed by atoms with Gasteiger partial charge in [0.2, 0.25) is 0 Å². The number of aromatic nitrogens is 2. The fraction of sp³-hybridized carbons (Fsp3) is 0.458. The number of imidazole rings is 1. The van der Waals surface area contributed by atoms with Gasteiger partial charge in [-0.1, -0.05) is 12.1 Å². The molecule has 1 atom stereocenters. The van der Waals surface area contributed by atoms with Gasteiger partial charge in [-0.3, -0.25) is 0 Å². The summed E-state index contributed by atoms with van der Waals surface area (Å²) >= 11 is 0.